The van der Waals surface area contributed by atoms with Gasteiger partial charge in [-0.15, -0.1) is 0 Å². The van der Waals surface area contributed by atoms with E-state index in [0.717, 1.165) is 46.8 Å². The quantitative estimate of drug-likeness (QED) is 0.620. The third-order valence-corrected chi connectivity index (χ3v) is 5.31. The fourth-order valence-corrected chi connectivity index (χ4v) is 3.91. The molecule has 0 fully saturated rings. The molecule has 2 aromatic heterocycles. The highest BCUT2D eigenvalue weighted by Gasteiger charge is 2.33. The van der Waals surface area contributed by atoms with Crippen LogP contribution in [0.2, 0.25) is 0 Å². The van der Waals surface area contributed by atoms with Gasteiger partial charge in [-0.05, 0) is 51.0 Å². The fourth-order valence-electron chi connectivity index (χ4n) is 3.91. The van der Waals surface area contributed by atoms with Crippen LogP contribution in [0.3, 0.4) is 0 Å². The lowest BCUT2D eigenvalue weighted by Gasteiger charge is -2.24. The first-order valence-corrected chi connectivity index (χ1v) is 10.4. The molecule has 0 aliphatic carbocycles. The van der Waals surface area contributed by atoms with Crippen molar-refractivity contribution in [1.29, 1.82) is 0 Å². The first-order chi connectivity index (χ1) is 14.5. The summed E-state index contributed by atoms with van der Waals surface area (Å²) in [5.41, 5.74) is 4.66. The highest BCUT2D eigenvalue weighted by molar-refractivity contribution is 5.95. The lowest BCUT2D eigenvalue weighted by Crippen LogP contribution is -2.25. The largest absolute Gasteiger partial charge is 0.494 e. The number of aromatic nitrogens is 4. The maximum Gasteiger partial charge on any atom is 0.252 e. The van der Waals surface area contributed by atoms with Crippen molar-refractivity contribution in [2.75, 3.05) is 11.9 Å². The Balaban J connectivity index is 1.70. The van der Waals surface area contributed by atoms with Crippen molar-refractivity contribution in [2.24, 2.45) is 0 Å². The number of hydrogen-bond donors (Lipinski definition) is 1. The minimum atomic E-state index is -0.0712. The molecule has 1 N–H and O–H groups in total. The third-order valence-electron chi connectivity index (χ3n) is 5.31. The zero-order chi connectivity index (χ0) is 21.3. The average Bonchev–Trinajstić information content (AvgIpc) is 3.04. The second kappa shape index (κ2) is 8.26. The van der Waals surface area contributed by atoms with E-state index in [1.165, 1.54) is 0 Å². The number of nitrogens with one attached hydrogen (secondary N) is 1. The van der Waals surface area contributed by atoms with Crippen LogP contribution in [0.1, 0.15) is 60.3 Å². The molecule has 0 saturated heterocycles. The molecule has 3 heterocycles. The van der Waals surface area contributed by atoms with Crippen LogP contribution in [0.25, 0.3) is 5.95 Å². The lowest BCUT2D eigenvalue weighted by atomic mass is 9.86. The number of ether oxygens (including phenoxy) is 1. The van der Waals surface area contributed by atoms with E-state index in [2.05, 4.69) is 27.3 Å². The van der Waals surface area contributed by atoms with Crippen LogP contribution in [0.4, 0.5) is 5.82 Å². The van der Waals surface area contributed by atoms with Crippen LogP contribution in [-0.2, 0) is 4.79 Å². The van der Waals surface area contributed by atoms with Crippen molar-refractivity contribution in [3.8, 4) is 11.7 Å². The number of amides is 1. The summed E-state index contributed by atoms with van der Waals surface area (Å²) in [5.74, 6) is 1.86. The van der Waals surface area contributed by atoms with Gasteiger partial charge < -0.3 is 10.1 Å². The molecule has 156 valence electrons. The van der Waals surface area contributed by atoms with Crippen LogP contribution in [-0.4, -0.2) is 32.3 Å². The predicted octanol–water partition coefficient (Wildman–Crippen LogP) is 4.24. The molecular weight excluding hydrogens is 378 g/mol. The van der Waals surface area contributed by atoms with E-state index in [4.69, 9.17) is 4.74 Å². The lowest BCUT2D eigenvalue weighted by molar-refractivity contribution is -0.116. The summed E-state index contributed by atoms with van der Waals surface area (Å²) in [7, 11) is 0. The molecule has 7 heteroatoms. The standard InChI is InChI=1S/C23H27N5O2/c1-5-6-11-30-18-9-7-17(8-10-18)19-13-20(29)26-22-21(19)16(4)27-28(22)23-24-14(2)12-15(3)25-23/h7-10,12,19H,5-6,11,13H2,1-4H3,(H,26,29)/t19-/m1/s1. The third kappa shape index (κ3) is 3.92. The minimum absolute atomic E-state index is 0.0405. The number of benzene rings is 1. The van der Waals surface area contributed by atoms with Gasteiger partial charge in [-0.2, -0.15) is 9.78 Å². The van der Waals surface area contributed by atoms with Crippen molar-refractivity contribution in [3.63, 3.8) is 0 Å². The van der Waals surface area contributed by atoms with Crippen LogP contribution < -0.4 is 10.1 Å². The SMILES string of the molecule is CCCCOc1ccc([C@H]2CC(=O)Nc3c2c(C)nn3-c2nc(C)cc(C)n2)cc1. The van der Waals surface area contributed by atoms with Gasteiger partial charge in [-0.1, -0.05) is 25.5 Å². The summed E-state index contributed by atoms with van der Waals surface area (Å²) in [6.45, 7) is 8.67. The molecule has 4 rings (SSSR count). The topological polar surface area (TPSA) is 81.9 Å². The zero-order valence-corrected chi connectivity index (χ0v) is 17.9. The van der Waals surface area contributed by atoms with Crippen molar-refractivity contribution in [1.82, 2.24) is 19.7 Å². The molecule has 1 aliphatic heterocycles. The highest BCUT2D eigenvalue weighted by atomic mass is 16.5. The van der Waals surface area contributed by atoms with Crippen molar-refractivity contribution in [2.45, 2.75) is 52.9 Å². The van der Waals surface area contributed by atoms with Crippen molar-refractivity contribution < 1.29 is 9.53 Å². The number of hydrogen-bond acceptors (Lipinski definition) is 5. The van der Waals surface area contributed by atoms with E-state index in [-0.39, 0.29) is 11.8 Å². The Morgan fingerprint density at radius 3 is 2.50 bits per heavy atom. The molecule has 1 amide bonds. The highest BCUT2D eigenvalue weighted by Crippen LogP contribution is 2.40. The van der Waals surface area contributed by atoms with E-state index < -0.39 is 0 Å². The average molecular weight is 406 g/mol. The number of nitrogens with zero attached hydrogens (tertiary/aromatic N) is 4. The molecular formula is C23H27N5O2. The first-order valence-electron chi connectivity index (χ1n) is 10.4. The molecule has 30 heavy (non-hydrogen) atoms. The van der Waals surface area contributed by atoms with Crippen molar-refractivity contribution in [3.05, 3.63) is 58.5 Å². The Morgan fingerprint density at radius 2 is 1.83 bits per heavy atom. The molecule has 1 atom stereocenters. The number of carbonyl (C=O) groups excluding carboxylic acids is 1. The molecule has 1 aromatic carbocycles. The Kier molecular flexibility index (Phi) is 5.53. The maximum atomic E-state index is 12.6. The number of carbonyl (C=O) groups is 1. The van der Waals surface area contributed by atoms with Gasteiger partial charge in [-0.25, -0.2) is 9.97 Å². The zero-order valence-electron chi connectivity index (χ0n) is 17.9. The maximum absolute atomic E-state index is 12.6. The molecule has 7 nitrogen and oxygen atoms in total. The van der Waals surface area contributed by atoms with E-state index in [1.807, 2.05) is 51.1 Å². The number of aryl methyl sites for hydroxylation is 3. The van der Waals surface area contributed by atoms with Crippen molar-refractivity contribution >= 4 is 11.7 Å². The number of anilines is 1. The van der Waals surface area contributed by atoms with Gasteiger partial charge in [0.05, 0.1) is 12.3 Å². The van der Waals surface area contributed by atoms with Gasteiger partial charge in [0, 0.05) is 29.3 Å². The number of unbranched alkanes of at least 4 members (excludes halogenated alkanes) is 1. The Hall–Kier alpha value is -3.22. The number of rotatable bonds is 6. The normalized spacial score (nSPS) is 15.6. The van der Waals surface area contributed by atoms with Crippen LogP contribution in [0, 0.1) is 20.8 Å². The first kappa shape index (κ1) is 20.1. The van der Waals surface area contributed by atoms with E-state index in [9.17, 15) is 4.79 Å². The van der Waals surface area contributed by atoms with Crippen LogP contribution in [0.15, 0.2) is 30.3 Å². The van der Waals surface area contributed by atoms with Crippen LogP contribution >= 0.6 is 0 Å². The van der Waals surface area contributed by atoms with E-state index >= 15 is 0 Å². The molecule has 0 radical (unpaired) electrons. The second-order valence-electron chi connectivity index (χ2n) is 7.79. The predicted molar refractivity (Wildman–Crippen MR) is 115 cm³/mol. The second-order valence-corrected chi connectivity index (χ2v) is 7.79. The minimum Gasteiger partial charge on any atom is -0.494 e. The Bertz CT molecular complexity index is 1050. The molecule has 3 aromatic rings. The van der Waals surface area contributed by atoms with Gasteiger partial charge in [0.15, 0.2) is 0 Å². The summed E-state index contributed by atoms with van der Waals surface area (Å²) >= 11 is 0. The smallest absolute Gasteiger partial charge is 0.252 e. The Labute approximate surface area is 176 Å². The van der Waals surface area contributed by atoms with Gasteiger partial charge in [-0.3, -0.25) is 4.79 Å². The van der Waals surface area contributed by atoms with E-state index in [1.54, 1.807) is 4.68 Å². The molecule has 0 spiro atoms. The molecule has 0 unspecified atom stereocenters. The van der Waals surface area contributed by atoms with Gasteiger partial charge >= 0.3 is 0 Å². The molecule has 0 bridgehead atoms. The summed E-state index contributed by atoms with van der Waals surface area (Å²) in [5, 5.41) is 7.66. The fraction of sp³-hybridized carbons (Fsp3) is 0.391. The van der Waals surface area contributed by atoms with E-state index in [0.29, 0.717) is 24.8 Å². The summed E-state index contributed by atoms with van der Waals surface area (Å²) in [6, 6.07) is 9.95. The molecule has 0 saturated carbocycles. The monoisotopic (exact) mass is 405 g/mol. The van der Waals surface area contributed by atoms with Gasteiger partial charge in [0.2, 0.25) is 5.91 Å². The Morgan fingerprint density at radius 1 is 1.13 bits per heavy atom. The number of fused-ring (bicyclic) bond motifs is 1. The van der Waals surface area contributed by atoms with Crippen LogP contribution in [0.5, 0.6) is 5.75 Å². The van der Waals surface area contributed by atoms with Gasteiger partial charge in [0.25, 0.3) is 5.95 Å². The van der Waals surface area contributed by atoms with Gasteiger partial charge in [0.1, 0.15) is 11.6 Å². The summed E-state index contributed by atoms with van der Waals surface area (Å²) < 4.78 is 7.42. The summed E-state index contributed by atoms with van der Waals surface area (Å²) in [4.78, 5) is 21.6. The molecule has 1 aliphatic rings. The summed E-state index contributed by atoms with van der Waals surface area (Å²) in [6.07, 6.45) is 2.52.